The molecule has 1 aliphatic heterocycles. The molecule has 1 amide bonds. The Morgan fingerprint density at radius 1 is 1.38 bits per heavy atom. The Labute approximate surface area is 127 Å². The number of hydrogen-bond donors (Lipinski definition) is 1. The predicted octanol–water partition coefficient (Wildman–Crippen LogP) is 2.60. The van der Waals surface area contributed by atoms with Crippen molar-refractivity contribution in [3.63, 3.8) is 0 Å². The molecule has 3 unspecified atom stereocenters. The highest BCUT2D eigenvalue weighted by Crippen LogP contribution is 2.37. The van der Waals surface area contributed by atoms with Gasteiger partial charge in [-0.25, -0.2) is 0 Å². The highest BCUT2D eigenvalue weighted by molar-refractivity contribution is 5.81. The second-order valence-electron chi connectivity index (χ2n) is 6.62. The summed E-state index contributed by atoms with van der Waals surface area (Å²) in [5, 5.41) is 3.17. The number of benzene rings is 1. The van der Waals surface area contributed by atoms with Crippen molar-refractivity contribution in [1.29, 1.82) is 0 Å². The van der Waals surface area contributed by atoms with Crippen LogP contribution in [-0.4, -0.2) is 29.9 Å². The molecular weight excluding hydrogens is 260 g/mol. The molecule has 3 nitrogen and oxygen atoms in total. The van der Waals surface area contributed by atoms with Gasteiger partial charge in [0.25, 0.3) is 0 Å². The first-order valence-electron chi connectivity index (χ1n) is 8.27. The molecule has 2 aliphatic rings. The molecule has 0 bridgehead atoms. The van der Waals surface area contributed by atoms with Crippen molar-refractivity contribution in [3.8, 4) is 0 Å². The number of hydrogen-bond acceptors (Lipinski definition) is 2. The van der Waals surface area contributed by atoms with Crippen LogP contribution in [0.1, 0.15) is 37.8 Å². The van der Waals surface area contributed by atoms with E-state index in [2.05, 4.69) is 48.3 Å². The van der Waals surface area contributed by atoms with Gasteiger partial charge in [-0.05, 0) is 36.3 Å². The number of rotatable bonds is 5. The van der Waals surface area contributed by atoms with Crippen molar-refractivity contribution in [2.75, 3.05) is 13.1 Å². The molecule has 0 saturated heterocycles. The Hall–Kier alpha value is -1.35. The molecule has 1 aromatic carbocycles. The first kappa shape index (κ1) is 14.6. The lowest BCUT2D eigenvalue weighted by Gasteiger charge is -2.35. The summed E-state index contributed by atoms with van der Waals surface area (Å²) in [7, 11) is 0. The van der Waals surface area contributed by atoms with Gasteiger partial charge in [-0.1, -0.05) is 38.1 Å². The standard InChI is InChI=1S/C18H26N2O/c1-3-16(11-19-18(21)17-10-13(17)2)20-9-8-14-6-4-5-7-15(14)12-20/h4-7,13,16-17H,3,8-12H2,1-2H3,(H,19,21). The summed E-state index contributed by atoms with van der Waals surface area (Å²) in [4.78, 5) is 14.5. The average molecular weight is 286 g/mol. The highest BCUT2D eigenvalue weighted by Gasteiger charge is 2.39. The van der Waals surface area contributed by atoms with E-state index in [-0.39, 0.29) is 11.8 Å². The number of nitrogens with one attached hydrogen (secondary N) is 1. The van der Waals surface area contributed by atoms with Gasteiger partial charge >= 0.3 is 0 Å². The minimum atomic E-state index is 0.262. The summed E-state index contributed by atoms with van der Waals surface area (Å²) in [5.41, 5.74) is 2.93. The molecule has 3 heteroatoms. The minimum Gasteiger partial charge on any atom is -0.354 e. The summed E-state index contributed by atoms with van der Waals surface area (Å²) < 4.78 is 0. The number of fused-ring (bicyclic) bond motifs is 1. The molecule has 21 heavy (non-hydrogen) atoms. The number of carbonyl (C=O) groups is 1. The van der Waals surface area contributed by atoms with E-state index in [4.69, 9.17) is 0 Å². The van der Waals surface area contributed by atoms with Crippen LogP contribution in [0, 0.1) is 11.8 Å². The molecule has 0 aromatic heterocycles. The fraction of sp³-hybridized carbons (Fsp3) is 0.611. The van der Waals surface area contributed by atoms with E-state index in [1.807, 2.05) is 0 Å². The van der Waals surface area contributed by atoms with Crippen molar-refractivity contribution >= 4 is 5.91 Å². The third kappa shape index (κ3) is 3.29. The monoisotopic (exact) mass is 286 g/mol. The largest absolute Gasteiger partial charge is 0.354 e. The van der Waals surface area contributed by atoms with Crippen LogP contribution in [0.4, 0.5) is 0 Å². The molecule has 1 aliphatic carbocycles. The van der Waals surface area contributed by atoms with Crippen molar-refractivity contribution < 1.29 is 4.79 Å². The van der Waals surface area contributed by atoms with E-state index >= 15 is 0 Å². The summed E-state index contributed by atoms with van der Waals surface area (Å²) >= 11 is 0. The lowest BCUT2D eigenvalue weighted by molar-refractivity contribution is -0.122. The normalized spacial score (nSPS) is 26.0. The van der Waals surface area contributed by atoms with Crippen LogP contribution in [0.5, 0.6) is 0 Å². The molecule has 1 N–H and O–H groups in total. The van der Waals surface area contributed by atoms with E-state index in [1.54, 1.807) is 0 Å². The zero-order valence-electron chi connectivity index (χ0n) is 13.1. The molecule has 1 saturated carbocycles. The Kier molecular flexibility index (Phi) is 4.29. The van der Waals surface area contributed by atoms with E-state index < -0.39 is 0 Å². The SMILES string of the molecule is CCC(CNC(=O)C1CC1C)N1CCc2ccccc2C1. The minimum absolute atomic E-state index is 0.262. The second kappa shape index (κ2) is 6.18. The molecule has 3 atom stereocenters. The lowest BCUT2D eigenvalue weighted by Crippen LogP contribution is -2.46. The van der Waals surface area contributed by atoms with Gasteiger partial charge in [0.05, 0.1) is 0 Å². The Balaban J connectivity index is 1.56. The van der Waals surface area contributed by atoms with Crippen molar-refractivity contribution in [2.45, 2.75) is 45.7 Å². The Bertz CT molecular complexity index is 514. The smallest absolute Gasteiger partial charge is 0.223 e. The average Bonchev–Trinajstić information content (AvgIpc) is 3.24. The van der Waals surface area contributed by atoms with Crippen molar-refractivity contribution in [1.82, 2.24) is 10.2 Å². The van der Waals surface area contributed by atoms with Crippen LogP contribution >= 0.6 is 0 Å². The number of nitrogens with zero attached hydrogens (tertiary/aromatic N) is 1. The zero-order chi connectivity index (χ0) is 14.8. The van der Waals surface area contributed by atoms with Gasteiger partial charge in [0, 0.05) is 31.6 Å². The van der Waals surface area contributed by atoms with Gasteiger partial charge in [0.1, 0.15) is 0 Å². The van der Waals surface area contributed by atoms with Crippen molar-refractivity contribution in [2.24, 2.45) is 11.8 Å². The first-order chi connectivity index (χ1) is 10.2. The molecule has 1 aromatic rings. The van der Waals surface area contributed by atoms with Gasteiger partial charge in [-0.2, -0.15) is 0 Å². The van der Waals surface area contributed by atoms with Gasteiger partial charge in [-0.3, -0.25) is 9.69 Å². The van der Waals surface area contributed by atoms with E-state index in [0.29, 0.717) is 12.0 Å². The van der Waals surface area contributed by atoms with E-state index in [9.17, 15) is 4.79 Å². The molecule has 1 fully saturated rings. The quantitative estimate of drug-likeness (QED) is 0.902. The maximum atomic E-state index is 12.0. The maximum Gasteiger partial charge on any atom is 0.223 e. The summed E-state index contributed by atoms with van der Waals surface area (Å²) in [5.74, 6) is 1.13. The van der Waals surface area contributed by atoms with Crippen LogP contribution in [-0.2, 0) is 17.8 Å². The van der Waals surface area contributed by atoms with E-state index in [0.717, 1.165) is 38.9 Å². The maximum absolute atomic E-state index is 12.0. The van der Waals surface area contributed by atoms with Crippen LogP contribution in [0.15, 0.2) is 24.3 Å². The molecule has 3 rings (SSSR count). The molecule has 114 valence electrons. The summed E-state index contributed by atoms with van der Waals surface area (Å²) in [6, 6.07) is 9.18. The Morgan fingerprint density at radius 2 is 2.10 bits per heavy atom. The Morgan fingerprint density at radius 3 is 2.76 bits per heavy atom. The van der Waals surface area contributed by atoms with Crippen LogP contribution < -0.4 is 5.32 Å². The van der Waals surface area contributed by atoms with Crippen molar-refractivity contribution in [3.05, 3.63) is 35.4 Å². The summed E-state index contributed by atoms with van der Waals surface area (Å²) in [6.45, 7) is 7.29. The second-order valence-corrected chi connectivity index (χ2v) is 6.62. The van der Waals surface area contributed by atoms with Gasteiger partial charge < -0.3 is 5.32 Å². The molecule has 1 heterocycles. The molecule has 0 spiro atoms. The number of amides is 1. The summed E-state index contributed by atoms with van der Waals surface area (Å²) in [6.07, 6.45) is 3.28. The molecular formula is C18H26N2O. The van der Waals surface area contributed by atoms with Crippen LogP contribution in [0.2, 0.25) is 0 Å². The fourth-order valence-corrected chi connectivity index (χ4v) is 3.40. The predicted molar refractivity (Wildman–Crippen MR) is 84.9 cm³/mol. The van der Waals surface area contributed by atoms with Crippen LogP contribution in [0.3, 0.4) is 0 Å². The first-order valence-corrected chi connectivity index (χ1v) is 8.27. The van der Waals surface area contributed by atoms with Gasteiger partial charge in [0.15, 0.2) is 0 Å². The van der Waals surface area contributed by atoms with Gasteiger partial charge in [-0.15, -0.1) is 0 Å². The van der Waals surface area contributed by atoms with Gasteiger partial charge in [0.2, 0.25) is 5.91 Å². The number of carbonyl (C=O) groups excluding carboxylic acids is 1. The third-order valence-electron chi connectivity index (χ3n) is 5.11. The lowest BCUT2D eigenvalue weighted by atomic mass is 9.98. The topological polar surface area (TPSA) is 32.3 Å². The van der Waals surface area contributed by atoms with E-state index in [1.165, 1.54) is 11.1 Å². The fourth-order valence-electron chi connectivity index (χ4n) is 3.40. The van der Waals surface area contributed by atoms with Crippen LogP contribution in [0.25, 0.3) is 0 Å². The highest BCUT2D eigenvalue weighted by atomic mass is 16.2. The third-order valence-corrected chi connectivity index (χ3v) is 5.11. The zero-order valence-corrected chi connectivity index (χ0v) is 13.1. The molecule has 0 radical (unpaired) electrons.